The molecule has 2 N–H and O–H groups in total. The van der Waals surface area contributed by atoms with E-state index in [1.807, 2.05) is 0 Å². The number of anilines is 2. The van der Waals surface area contributed by atoms with Crippen molar-refractivity contribution in [3.05, 3.63) is 52.9 Å². The summed E-state index contributed by atoms with van der Waals surface area (Å²) in [6.45, 7) is 1.44. The summed E-state index contributed by atoms with van der Waals surface area (Å²) in [5.41, 5.74) is 2.07. The van der Waals surface area contributed by atoms with Crippen LogP contribution < -0.4 is 10.6 Å². The molecule has 8 heteroatoms. The maximum absolute atomic E-state index is 12.4. The Labute approximate surface area is 139 Å². The molecule has 0 saturated carbocycles. The Morgan fingerprint density at radius 2 is 1.78 bits per heavy atom. The number of hydrogen-bond acceptors (Lipinski definition) is 4. The van der Waals surface area contributed by atoms with Gasteiger partial charge in [-0.2, -0.15) is 5.10 Å². The molecule has 3 rings (SSSR count). The van der Waals surface area contributed by atoms with Crippen LogP contribution in [0.2, 0.25) is 0 Å². The summed E-state index contributed by atoms with van der Waals surface area (Å²) in [5.74, 6) is -0.502. The molecule has 3 aromatic rings. The number of amides is 2. The van der Waals surface area contributed by atoms with Crippen molar-refractivity contribution in [2.45, 2.75) is 6.92 Å². The number of rotatable bonds is 3. The minimum absolute atomic E-state index is 0.150. The molecule has 0 aliphatic carbocycles. The molecule has 0 spiro atoms. The van der Waals surface area contributed by atoms with Crippen molar-refractivity contribution in [1.29, 1.82) is 0 Å². The highest BCUT2D eigenvalue weighted by Gasteiger charge is 2.18. The van der Waals surface area contributed by atoms with Crippen molar-refractivity contribution in [2.75, 3.05) is 10.6 Å². The summed E-state index contributed by atoms with van der Waals surface area (Å²) in [7, 11) is 0. The number of fused-ring (bicyclic) bond motifs is 1. The van der Waals surface area contributed by atoms with Crippen molar-refractivity contribution >= 4 is 44.8 Å². The summed E-state index contributed by atoms with van der Waals surface area (Å²) < 4.78 is 2.06. The van der Waals surface area contributed by atoms with Gasteiger partial charge in [0.15, 0.2) is 11.3 Å². The van der Waals surface area contributed by atoms with Crippen LogP contribution in [0.5, 0.6) is 0 Å². The summed E-state index contributed by atoms with van der Waals surface area (Å²) >= 11 is 3.35. The molecule has 0 radical (unpaired) electrons. The van der Waals surface area contributed by atoms with Crippen LogP contribution in [-0.2, 0) is 4.79 Å². The van der Waals surface area contributed by atoms with Gasteiger partial charge in [-0.05, 0) is 46.3 Å². The van der Waals surface area contributed by atoms with Crippen LogP contribution in [0, 0.1) is 0 Å². The highest BCUT2D eigenvalue weighted by Crippen LogP contribution is 2.22. The number of nitrogens with one attached hydrogen (secondary N) is 2. The fourth-order valence-corrected chi connectivity index (χ4v) is 2.58. The maximum Gasteiger partial charge on any atom is 0.277 e. The summed E-state index contributed by atoms with van der Waals surface area (Å²) in [6.07, 6.45) is 3.34. The van der Waals surface area contributed by atoms with Crippen molar-refractivity contribution in [2.24, 2.45) is 0 Å². The fourth-order valence-electron chi connectivity index (χ4n) is 2.03. The number of carbonyl (C=O) groups is 2. The van der Waals surface area contributed by atoms with Gasteiger partial charge < -0.3 is 10.6 Å². The quantitative estimate of drug-likeness (QED) is 0.738. The summed E-state index contributed by atoms with van der Waals surface area (Å²) in [6, 6.07) is 8.54. The van der Waals surface area contributed by atoms with E-state index in [4.69, 9.17) is 0 Å². The summed E-state index contributed by atoms with van der Waals surface area (Å²) in [5, 5.41) is 9.62. The zero-order valence-electron chi connectivity index (χ0n) is 12.1. The molecule has 0 aliphatic heterocycles. The van der Waals surface area contributed by atoms with Crippen LogP contribution in [0.1, 0.15) is 17.4 Å². The normalized spacial score (nSPS) is 10.5. The van der Waals surface area contributed by atoms with Crippen LogP contribution in [0.3, 0.4) is 0 Å². The first kappa shape index (κ1) is 15.2. The van der Waals surface area contributed by atoms with Gasteiger partial charge in [0, 0.05) is 30.7 Å². The number of carbonyl (C=O) groups excluding carboxylic acids is 2. The highest BCUT2D eigenvalue weighted by atomic mass is 79.9. The summed E-state index contributed by atoms with van der Waals surface area (Å²) in [4.78, 5) is 27.5. The van der Waals surface area contributed by atoms with E-state index in [-0.39, 0.29) is 17.5 Å². The third-order valence-electron chi connectivity index (χ3n) is 3.02. The van der Waals surface area contributed by atoms with Crippen LogP contribution >= 0.6 is 15.9 Å². The number of halogens is 1. The third kappa shape index (κ3) is 3.21. The molecule has 0 fully saturated rings. The second-order valence-electron chi connectivity index (χ2n) is 4.76. The molecular formula is C15H12BrN5O2. The van der Waals surface area contributed by atoms with Crippen LogP contribution in [0.4, 0.5) is 11.4 Å². The fraction of sp³-hybridized carbons (Fsp3) is 0.0667. The van der Waals surface area contributed by atoms with E-state index in [1.54, 1.807) is 42.7 Å². The SMILES string of the molecule is CC(=O)Nc1ccc(NC(=O)c2nn3cccnc3c2Br)cc1. The van der Waals surface area contributed by atoms with E-state index in [0.29, 0.717) is 21.5 Å². The van der Waals surface area contributed by atoms with Crippen molar-refractivity contribution in [1.82, 2.24) is 14.6 Å². The van der Waals surface area contributed by atoms with Gasteiger partial charge in [-0.1, -0.05) is 0 Å². The Morgan fingerprint density at radius 1 is 1.13 bits per heavy atom. The molecule has 0 aliphatic rings. The number of hydrogen-bond donors (Lipinski definition) is 2. The molecular weight excluding hydrogens is 362 g/mol. The molecule has 116 valence electrons. The first-order valence-corrected chi connectivity index (χ1v) is 7.52. The van der Waals surface area contributed by atoms with E-state index >= 15 is 0 Å². The van der Waals surface area contributed by atoms with Gasteiger partial charge in [0.1, 0.15) is 0 Å². The lowest BCUT2D eigenvalue weighted by Gasteiger charge is -2.05. The Morgan fingerprint density at radius 3 is 2.39 bits per heavy atom. The molecule has 2 aromatic heterocycles. The average molecular weight is 374 g/mol. The minimum Gasteiger partial charge on any atom is -0.326 e. The van der Waals surface area contributed by atoms with E-state index in [0.717, 1.165) is 0 Å². The van der Waals surface area contributed by atoms with Gasteiger partial charge in [-0.3, -0.25) is 9.59 Å². The van der Waals surface area contributed by atoms with E-state index in [1.165, 1.54) is 11.4 Å². The largest absolute Gasteiger partial charge is 0.326 e. The predicted molar refractivity (Wildman–Crippen MR) is 89.4 cm³/mol. The third-order valence-corrected chi connectivity index (χ3v) is 3.75. The zero-order valence-corrected chi connectivity index (χ0v) is 13.7. The van der Waals surface area contributed by atoms with Gasteiger partial charge in [-0.15, -0.1) is 0 Å². The van der Waals surface area contributed by atoms with Gasteiger partial charge in [0.2, 0.25) is 5.91 Å². The van der Waals surface area contributed by atoms with Crippen molar-refractivity contribution < 1.29 is 9.59 Å². The second kappa shape index (κ2) is 6.17. The number of benzene rings is 1. The second-order valence-corrected chi connectivity index (χ2v) is 5.56. The molecule has 7 nitrogen and oxygen atoms in total. The lowest BCUT2D eigenvalue weighted by molar-refractivity contribution is -0.114. The van der Waals surface area contributed by atoms with Gasteiger partial charge >= 0.3 is 0 Å². The van der Waals surface area contributed by atoms with Gasteiger partial charge in [0.25, 0.3) is 5.91 Å². The van der Waals surface area contributed by atoms with Crippen molar-refractivity contribution in [3.8, 4) is 0 Å². The Hall–Kier alpha value is -2.74. The number of aromatic nitrogens is 3. The van der Waals surface area contributed by atoms with Gasteiger partial charge in [0.05, 0.1) is 4.47 Å². The van der Waals surface area contributed by atoms with E-state index in [2.05, 4.69) is 36.6 Å². The minimum atomic E-state index is -0.352. The molecule has 2 heterocycles. The zero-order chi connectivity index (χ0) is 16.4. The average Bonchev–Trinajstić information content (AvgIpc) is 2.86. The molecule has 1 aromatic carbocycles. The Balaban J connectivity index is 1.80. The maximum atomic E-state index is 12.4. The number of nitrogens with zero attached hydrogens (tertiary/aromatic N) is 3. The molecule has 2 amide bonds. The molecule has 0 unspecified atom stereocenters. The predicted octanol–water partition coefficient (Wildman–Crippen LogP) is 2.70. The Kier molecular flexibility index (Phi) is 4.07. The van der Waals surface area contributed by atoms with Crippen LogP contribution in [-0.4, -0.2) is 26.4 Å². The highest BCUT2D eigenvalue weighted by molar-refractivity contribution is 9.10. The van der Waals surface area contributed by atoms with E-state index in [9.17, 15) is 9.59 Å². The topological polar surface area (TPSA) is 88.4 Å². The van der Waals surface area contributed by atoms with E-state index < -0.39 is 0 Å². The van der Waals surface area contributed by atoms with Crippen molar-refractivity contribution in [3.63, 3.8) is 0 Å². The monoisotopic (exact) mass is 373 g/mol. The standard InChI is InChI=1S/C15H12BrN5O2/c1-9(22)18-10-3-5-11(6-4-10)19-15(23)13-12(16)14-17-7-2-8-21(14)20-13/h2-8H,1H3,(H,18,22)(H,19,23). The van der Waals surface area contributed by atoms with Gasteiger partial charge in [-0.25, -0.2) is 9.50 Å². The van der Waals surface area contributed by atoms with Crippen LogP contribution in [0.15, 0.2) is 47.2 Å². The Bertz CT molecular complexity index is 889. The molecule has 0 bridgehead atoms. The first-order chi connectivity index (χ1) is 11.0. The van der Waals surface area contributed by atoms with Crippen LogP contribution in [0.25, 0.3) is 5.65 Å². The smallest absolute Gasteiger partial charge is 0.277 e. The molecule has 0 saturated heterocycles. The molecule has 23 heavy (non-hydrogen) atoms. The lowest BCUT2D eigenvalue weighted by atomic mass is 10.2. The lowest BCUT2D eigenvalue weighted by Crippen LogP contribution is -2.13. The first-order valence-electron chi connectivity index (χ1n) is 6.72. The molecule has 0 atom stereocenters.